The van der Waals surface area contributed by atoms with Crippen LogP contribution in [0.3, 0.4) is 0 Å². The summed E-state index contributed by atoms with van der Waals surface area (Å²) in [5.74, 6) is -0.888. The summed E-state index contributed by atoms with van der Waals surface area (Å²) in [4.78, 5) is 37.6. The zero-order valence-corrected chi connectivity index (χ0v) is 35.3. The Hall–Kier alpha value is -2.11. The van der Waals surface area contributed by atoms with Gasteiger partial charge in [0, 0.05) is 19.3 Å². The van der Waals surface area contributed by atoms with Gasteiger partial charge in [0.1, 0.15) is 13.2 Å². The molecule has 0 aliphatic carbocycles. The smallest absolute Gasteiger partial charge is 0.306 e. The van der Waals surface area contributed by atoms with E-state index in [2.05, 4.69) is 45.1 Å². The molecule has 0 heterocycles. The van der Waals surface area contributed by atoms with Gasteiger partial charge in [-0.3, -0.25) is 14.4 Å². The van der Waals surface area contributed by atoms with Crippen LogP contribution in [0.15, 0.2) is 24.3 Å². The molecule has 0 N–H and O–H groups in total. The van der Waals surface area contributed by atoms with Gasteiger partial charge in [-0.1, -0.05) is 193 Å². The molecule has 1 atom stereocenters. The van der Waals surface area contributed by atoms with Crippen LogP contribution < -0.4 is 0 Å². The molecule has 0 fully saturated rings. The van der Waals surface area contributed by atoms with Crippen molar-refractivity contribution >= 4 is 17.9 Å². The molecule has 0 amide bonds. The topological polar surface area (TPSA) is 78.9 Å². The number of rotatable bonds is 41. The molecule has 0 aromatic rings. The van der Waals surface area contributed by atoms with Crippen molar-refractivity contribution in [2.45, 2.75) is 245 Å². The standard InChI is InChI=1S/C47H86O6/c1-4-7-10-13-16-18-20-22-23-24-25-27-28-31-34-37-40-46(49)52-43-44(42-51-45(48)39-36-33-30-15-12-9-6-3)53-47(50)41-38-35-32-29-26-21-19-17-14-11-8-5-2/h18,20,23-24,44H,4-17,19,21-22,25-43H2,1-3H3/b20-18-,24-23-. The largest absolute Gasteiger partial charge is 0.462 e. The van der Waals surface area contributed by atoms with E-state index < -0.39 is 6.10 Å². The normalized spacial score (nSPS) is 12.1. The molecule has 0 spiro atoms. The number of esters is 3. The monoisotopic (exact) mass is 747 g/mol. The van der Waals surface area contributed by atoms with E-state index in [4.69, 9.17) is 14.2 Å². The van der Waals surface area contributed by atoms with E-state index in [1.165, 1.54) is 122 Å². The van der Waals surface area contributed by atoms with Crippen molar-refractivity contribution in [2.75, 3.05) is 13.2 Å². The molecule has 0 bridgehead atoms. The highest BCUT2D eigenvalue weighted by Gasteiger charge is 2.19. The van der Waals surface area contributed by atoms with E-state index in [9.17, 15) is 14.4 Å². The fraction of sp³-hybridized carbons (Fsp3) is 0.851. The average Bonchev–Trinajstić information content (AvgIpc) is 3.15. The second-order valence-corrected chi connectivity index (χ2v) is 15.3. The third-order valence-electron chi connectivity index (χ3n) is 9.96. The van der Waals surface area contributed by atoms with Gasteiger partial charge in [-0.2, -0.15) is 0 Å². The quantitative estimate of drug-likeness (QED) is 0.0268. The van der Waals surface area contributed by atoms with Crippen molar-refractivity contribution < 1.29 is 28.6 Å². The molecule has 0 aromatic carbocycles. The van der Waals surface area contributed by atoms with E-state index in [1.54, 1.807) is 0 Å². The van der Waals surface area contributed by atoms with Crippen LogP contribution >= 0.6 is 0 Å². The molecule has 53 heavy (non-hydrogen) atoms. The number of hydrogen-bond donors (Lipinski definition) is 0. The number of ether oxygens (including phenoxy) is 3. The van der Waals surface area contributed by atoms with Crippen LogP contribution in [0.2, 0.25) is 0 Å². The SMILES string of the molecule is CCCCCC/C=C\C/C=C\CCCCCCCC(=O)OCC(COC(=O)CCCCCCCCC)OC(=O)CCCCCCCCCCCCCC. The maximum absolute atomic E-state index is 12.7. The van der Waals surface area contributed by atoms with Crippen LogP contribution in [-0.4, -0.2) is 37.2 Å². The fourth-order valence-corrected chi connectivity index (χ4v) is 6.47. The van der Waals surface area contributed by atoms with Crippen LogP contribution in [0.1, 0.15) is 239 Å². The summed E-state index contributed by atoms with van der Waals surface area (Å²) in [7, 11) is 0. The summed E-state index contributed by atoms with van der Waals surface area (Å²) >= 11 is 0. The van der Waals surface area contributed by atoms with Gasteiger partial charge in [0.25, 0.3) is 0 Å². The molecule has 0 saturated heterocycles. The van der Waals surface area contributed by atoms with E-state index in [0.29, 0.717) is 19.3 Å². The minimum Gasteiger partial charge on any atom is -0.462 e. The molecule has 6 heteroatoms. The fourth-order valence-electron chi connectivity index (χ4n) is 6.47. The molecule has 0 aliphatic rings. The van der Waals surface area contributed by atoms with E-state index >= 15 is 0 Å². The number of unbranched alkanes of at least 4 members (excludes halogenated alkanes) is 26. The van der Waals surface area contributed by atoms with Crippen molar-refractivity contribution in [1.29, 1.82) is 0 Å². The minimum absolute atomic E-state index is 0.0728. The average molecular weight is 747 g/mol. The third kappa shape index (κ3) is 40.9. The molecule has 0 rings (SSSR count). The van der Waals surface area contributed by atoms with Crippen LogP contribution in [0, 0.1) is 0 Å². The summed E-state index contributed by atoms with van der Waals surface area (Å²) in [6, 6.07) is 0. The van der Waals surface area contributed by atoms with Crippen LogP contribution in [0.5, 0.6) is 0 Å². The van der Waals surface area contributed by atoms with Gasteiger partial charge in [0.2, 0.25) is 0 Å². The van der Waals surface area contributed by atoms with E-state index in [-0.39, 0.29) is 31.1 Å². The summed E-state index contributed by atoms with van der Waals surface area (Å²) in [6.45, 7) is 6.56. The van der Waals surface area contributed by atoms with E-state index in [1.807, 2.05) is 0 Å². The molecule has 0 aliphatic heterocycles. The lowest BCUT2D eigenvalue weighted by atomic mass is 10.0. The molecule has 6 nitrogen and oxygen atoms in total. The Balaban J connectivity index is 4.30. The van der Waals surface area contributed by atoms with Crippen LogP contribution in [-0.2, 0) is 28.6 Å². The lowest BCUT2D eigenvalue weighted by Crippen LogP contribution is -2.30. The molecular weight excluding hydrogens is 661 g/mol. The molecule has 0 aromatic heterocycles. The van der Waals surface area contributed by atoms with Crippen molar-refractivity contribution in [3.8, 4) is 0 Å². The first kappa shape index (κ1) is 50.9. The number of carbonyl (C=O) groups is 3. The number of allylic oxidation sites excluding steroid dienone is 4. The van der Waals surface area contributed by atoms with Crippen molar-refractivity contribution in [2.24, 2.45) is 0 Å². The molecule has 310 valence electrons. The second kappa shape index (κ2) is 42.6. The Bertz CT molecular complexity index is 865. The van der Waals surface area contributed by atoms with Gasteiger partial charge >= 0.3 is 17.9 Å². The maximum atomic E-state index is 12.7. The molecule has 1 unspecified atom stereocenters. The summed E-state index contributed by atoms with van der Waals surface area (Å²) < 4.78 is 16.6. The van der Waals surface area contributed by atoms with Gasteiger partial charge in [0.15, 0.2) is 6.10 Å². The van der Waals surface area contributed by atoms with Gasteiger partial charge in [-0.05, 0) is 51.4 Å². The predicted molar refractivity (Wildman–Crippen MR) is 224 cm³/mol. The first-order valence-electron chi connectivity index (χ1n) is 22.8. The first-order valence-corrected chi connectivity index (χ1v) is 22.8. The van der Waals surface area contributed by atoms with Gasteiger partial charge in [-0.15, -0.1) is 0 Å². The Morgan fingerprint density at radius 2 is 0.679 bits per heavy atom. The Labute approximate surface area is 328 Å². The summed E-state index contributed by atoms with van der Waals surface area (Å²) in [5.41, 5.74) is 0. The lowest BCUT2D eigenvalue weighted by Gasteiger charge is -2.18. The highest BCUT2D eigenvalue weighted by atomic mass is 16.6. The minimum atomic E-state index is -0.767. The molecule has 0 radical (unpaired) electrons. The lowest BCUT2D eigenvalue weighted by molar-refractivity contribution is -0.167. The van der Waals surface area contributed by atoms with Gasteiger partial charge < -0.3 is 14.2 Å². The van der Waals surface area contributed by atoms with Crippen molar-refractivity contribution in [3.05, 3.63) is 24.3 Å². The Morgan fingerprint density at radius 3 is 1.06 bits per heavy atom. The highest BCUT2D eigenvalue weighted by molar-refractivity contribution is 5.71. The number of hydrogen-bond acceptors (Lipinski definition) is 6. The number of carbonyl (C=O) groups excluding carboxylic acids is 3. The second-order valence-electron chi connectivity index (χ2n) is 15.3. The van der Waals surface area contributed by atoms with Crippen molar-refractivity contribution in [3.63, 3.8) is 0 Å². The molecule has 0 saturated carbocycles. The van der Waals surface area contributed by atoms with Crippen molar-refractivity contribution in [1.82, 2.24) is 0 Å². The van der Waals surface area contributed by atoms with Crippen LogP contribution in [0.25, 0.3) is 0 Å². The Kier molecular flexibility index (Phi) is 40.9. The first-order chi connectivity index (χ1) is 26.0. The molecular formula is C47H86O6. The third-order valence-corrected chi connectivity index (χ3v) is 9.96. The van der Waals surface area contributed by atoms with Crippen LogP contribution in [0.4, 0.5) is 0 Å². The zero-order chi connectivity index (χ0) is 38.7. The maximum Gasteiger partial charge on any atom is 0.306 e. The van der Waals surface area contributed by atoms with E-state index in [0.717, 1.165) is 77.0 Å². The van der Waals surface area contributed by atoms with Gasteiger partial charge in [-0.25, -0.2) is 0 Å². The zero-order valence-electron chi connectivity index (χ0n) is 35.3. The Morgan fingerprint density at radius 1 is 0.377 bits per heavy atom. The highest BCUT2D eigenvalue weighted by Crippen LogP contribution is 2.14. The summed E-state index contributed by atoms with van der Waals surface area (Å²) in [5, 5.41) is 0. The summed E-state index contributed by atoms with van der Waals surface area (Å²) in [6.07, 6.45) is 45.9. The van der Waals surface area contributed by atoms with Gasteiger partial charge in [0.05, 0.1) is 0 Å². The predicted octanol–water partition coefficient (Wildman–Crippen LogP) is 14.4.